The fraction of sp³-hybridized carbons (Fsp3) is 0. The van der Waals surface area contributed by atoms with Gasteiger partial charge in [0, 0.05) is 67.4 Å². The van der Waals surface area contributed by atoms with Crippen LogP contribution in [0.5, 0.6) is 0 Å². The van der Waals surface area contributed by atoms with Crippen molar-refractivity contribution >= 4 is 53.9 Å². The Labute approximate surface area is 334 Å². The quantitative estimate of drug-likeness (QED) is 0.159. The van der Waals surface area contributed by atoms with Gasteiger partial charge in [-0.15, -0.1) is 11.3 Å². The number of thiophene rings is 1. The maximum atomic E-state index is 5.41. The first kappa shape index (κ1) is 33.1. The molecular formula is C53H33N3S. The summed E-state index contributed by atoms with van der Waals surface area (Å²) < 4.78 is 1.21. The molecule has 0 aliphatic heterocycles. The van der Waals surface area contributed by atoms with E-state index in [2.05, 4.69) is 174 Å². The first-order valence-corrected chi connectivity index (χ1v) is 20.0. The van der Waals surface area contributed by atoms with E-state index in [0.29, 0.717) is 0 Å². The summed E-state index contributed by atoms with van der Waals surface area (Å²) in [6, 6.07) is 63.1. The third-order valence-electron chi connectivity index (χ3n) is 11.1. The van der Waals surface area contributed by atoms with Crippen LogP contribution in [0.1, 0.15) is 0 Å². The zero-order valence-corrected chi connectivity index (χ0v) is 31.6. The molecule has 0 aliphatic rings. The molecule has 0 N–H and O–H groups in total. The van der Waals surface area contributed by atoms with Crippen LogP contribution in [0.25, 0.3) is 109 Å². The summed E-state index contributed by atoms with van der Waals surface area (Å²) in [7, 11) is 0. The zero-order valence-electron chi connectivity index (χ0n) is 30.8. The maximum absolute atomic E-state index is 5.41. The van der Waals surface area contributed by atoms with Gasteiger partial charge in [-0.05, 0) is 73.1 Å². The molecule has 0 spiro atoms. The molecule has 0 atom stereocenters. The van der Waals surface area contributed by atoms with Crippen LogP contribution >= 0.6 is 11.3 Å². The van der Waals surface area contributed by atoms with E-state index in [0.717, 1.165) is 49.1 Å². The highest BCUT2D eigenvalue weighted by atomic mass is 32.1. The topological polar surface area (TPSA) is 38.7 Å². The van der Waals surface area contributed by atoms with Gasteiger partial charge in [0.15, 0.2) is 0 Å². The molecule has 0 radical (unpaired) electrons. The van der Waals surface area contributed by atoms with Crippen molar-refractivity contribution in [2.45, 2.75) is 0 Å². The Hall–Kier alpha value is -7.27. The van der Waals surface area contributed by atoms with Crippen LogP contribution in [-0.2, 0) is 0 Å². The second-order valence-corrected chi connectivity index (χ2v) is 15.4. The maximum Gasteiger partial charge on any atom is 0.0803 e. The van der Waals surface area contributed by atoms with Gasteiger partial charge in [-0.1, -0.05) is 158 Å². The smallest absolute Gasteiger partial charge is 0.0803 e. The van der Waals surface area contributed by atoms with Crippen molar-refractivity contribution < 1.29 is 0 Å². The number of benzene rings is 7. The van der Waals surface area contributed by atoms with E-state index in [9.17, 15) is 0 Å². The lowest BCUT2D eigenvalue weighted by atomic mass is 9.85. The molecule has 0 fully saturated rings. The number of fused-ring (bicyclic) bond motifs is 5. The normalized spacial score (nSPS) is 11.5. The van der Waals surface area contributed by atoms with Crippen molar-refractivity contribution in [2.24, 2.45) is 0 Å². The largest absolute Gasteiger partial charge is 0.264 e. The van der Waals surface area contributed by atoms with Gasteiger partial charge in [-0.3, -0.25) is 9.97 Å². The minimum atomic E-state index is 0.963. The van der Waals surface area contributed by atoms with E-state index >= 15 is 0 Å². The van der Waals surface area contributed by atoms with E-state index in [1.807, 2.05) is 36.9 Å². The number of rotatable bonds is 6. The predicted octanol–water partition coefficient (Wildman–Crippen LogP) is 14.5. The Morgan fingerprint density at radius 3 is 1.35 bits per heavy atom. The average Bonchev–Trinajstić information content (AvgIpc) is 3.70. The molecule has 11 aromatic rings. The molecule has 4 heterocycles. The lowest BCUT2D eigenvalue weighted by Crippen LogP contribution is -1.92. The molecule has 0 saturated carbocycles. The Morgan fingerprint density at radius 2 is 0.789 bits per heavy atom. The minimum Gasteiger partial charge on any atom is -0.264 e. The van der Waals surface area contributed by atoms with E-state index in [1.165, 1.54) is 59.6 Å². The second kappa shape index (κ2) is 13.8. The van der Waals surface area contributed by atoms with Crippen LogP contribution in [0, 0.1) is 0 Å². The number of pyridine rings is 3. The van der Waals surface area contributed by atoms with Crippen molar-refractivity contribution in [1.29, 1.82) is 0 Å². The molecule has 266 valence electrons. The summed E-state index contributed by atoms with van der Waals surface area (Å²) in [5.74, 6) is 0. The monoisotopic (exact) mass is 743 g/mol. The van der Waals surface area contributed by atoms with Gasteiger partial charge >= 0.3 is 0 Å². The van der Waals surface area contributed by atoms with Crippen LogP contribution in [0.4, 0.5) is 0 Å². The Kier molecular flexibility index (Phi) is 8.01. The minimum absolute atomic E-state index is 0.963. The van der Waals surface area contributed by atoms with Gasteiger partial charge in [0.25, 0.3) is 0 Å². The van der Waals surface area contributed by atoms with Gasteiger partial charge in [0.1, 0.15) is 0 Å². The lowest BCUT2D eigenvalue weighted by Gasteiger charge is -2.18. The van der Waals surface area contributed by atoms with Crippen molar-refractivity contribution in [1.82, 2.24) is 15.0 Å². The summed E-state index contributed by atoms with van der Waals surface area (Å²) in [4.78, 5) is 15.6. The molecule has 0 unspecified atom stereocenters. The summed E-state index contributed by atoms with van der Waals surface area (Å²) in [6.45, 7) is 0. The highest BCUT2D eigenvalue weighted by Gasteiger charge is 2.23. The summed E-state index contributed by atoms with van der Waals surface area (Å²) in [6.07, 6.45) is 7.57. The molecular weight excluding hydrogens is 711 g/mol. The van der Waals surface area contributed by atoms with E-state index < -0.39 is 0 Å². The van der Waals surface area contributed by atoms with Crippen molar-refractivity contribution in [3.05, 3.63) is 201 Å². The van der Waals surface area contributed by atoms with Crippen molar-refractivity contribution in [3.8, 4) is 66.2 Å². The van der Waals surface area contributed by atoms with Crippen LogP contribution in [-0.4, -0.2) is 15.0 Å². The Balaban J connectivity index is 1.10. The zero-order chi connectivity index (χ0) is 37.7. The predicted molar refractivity (Wildman–Crippen MR) is 240 cm³/mol. The molecule has 0 saturated heterocycles. The molecule has 11 rings (SSSR count). The van der Waals surface area contributed by atoms with Gasteiger partial charge < -0.3 is 0 Å². The van der Waals surface area contributed by atoms with Gasteiger partial charge in [0.05, 0.1) is 11.2 Å². The van der Waals surface area contributed by atoms with Crippen LogP contribution in [0.2, 0.25) is 0 Å². The highest BCUT2D eigenvalue weighted by Crippen LogP contribution is 2.50. The number of hydrogen-bond acceptors (Lipinski definition) is 4. The third-order valence-corrected chi connectivity index (χ3v) is 12.3. The summed E-state index contributed by atoms with van der Waals surface area (Å²) >= 11 is 1.80. The van der Waals surface area contributed by atoms with Crippen LogP contribution in [0.3, 0.4) is 0 Å². The van der Waals surface area contributed by atoms with Gasteiger partial charge in [-0.25, -0.2) is 4.98 Å². The fourth-order valence-electron chi connectivity index (χ4n) is 8.49. The molecule has 7 aromatic carbocycles. The fourth-order valence-corrected chi connectivity index (χ4v) is 9.83. The highest BCUT2D eigenvalue weighted by molar-refractivity contribution is 7.24. The van der Waals surface area contributed by atoms with Crippen LogP contribution < -0.4 is 0 Å². The molecule has 0 aliphatic carbocycles. The number of para-hydroxylation sites is 1. The molecule has 57 heavy (non-hydrogen) atoms. The second-order valence-electron chi connectivity index (χ2n) is 14.3. The van der Waals surface area contributed by atoms with Gasteiger partial charge in [-0.2, -0.15) is 0 Å². The molecule has 4 aromatic heterocycles. The summed E-state index contributed by atoms with van der Waals surface area (Å²) in [5.41, 5.74) is 13.6. The van der Waals surface area contributed by atoms with E-state index in [1.54, 1.807) is 11.3 Å². The first-order chi connectivity index (χ1) is 28.3. The van der Waals surface area contributed by atoms with E-state index in [-0.39, 0.29) is 0 Å². The molecule has 4 heteroatoms. The van der Waals surface area contributed by atoms with E-state index in [4.69, 9.17) is 4.98 Å². The molecule has 0 amide bonds. The first-order valence-electron chi connectivity index (χ1n) is 19.2. The number of hydrogen-bond donors (Lipinski definition) is 0. The molecule has 3 nitrogen and oxygen atoms in total. The van der Waals surface area contributed by atoms with Crippen molar-refractivity contribution in [2.75, 3.05) is 0 Å². The standard InChI is InChI=1S/C53H33N3S/c1-2-12-34(13-3-1)35-22-24-36(25-23-35)47-41-16-4-6-18-43(41)48(44-19-7-5-17-42(44)47)37-26-28-38(29-27-37)51-50-49(39-14-10-30-54-32-39)52(40-15-11-31-55-33-40)57-53(50)45-20-8-9-21-46(45)56-51/h1-33H. The summed E-state index contributed by atoms with van der Waals surface area (Å²) in [5, 5.41) is 7.22. The Morgan fingerprint density at radius 1 is 0.333 bits per heavy atom. The molecule has 0 bridgehead atoms. The van der Waals surface area contributed by atoms with Crippen molar-refractivity contribution in [3.63, 3.8) is 0 Å². The van der Waals surface area contributed by atoms with Gasteiger partial charge in [0.2, 0.25) is 0 Å². The average molecular weight is 744 g/mol. The number of aromatic nitrogens is 3. The third kappa shape index (κ3) is 5.61. The number of nitrogens with zero attached hydrogens (tertiary/aromatic N) is 3. The van der Waals surface area contributed by atoms with Crippen LogP contribution in [0.15, 0.2) is 201 Å². The Bertz CT molecular complexity index is 3190. The lowest BCUT2D eigenvalue weighted by molar-refractivity contribution is 1.33. The SMILES string of the molecule is c1ccc(-c2ccc(-c3c4ccccc4c(-c4ccc(-c5nc6ccccc6c6sc(-c7cccnc7)c(-c7cccnc7)c56)cc4)c4ccccc34)cc2)cc1.